The molecule has 16 heavy (non-hydrogen) atoms. The molecule has 0 radical (unpaired) electrons. The summed E-state index contributed by atoms with van der Waals surface area (Å²) in [5, 5.41) is 10.5. The molecule has 5 unspecified atom stereocenters. The second kappa shape index (κ2) is 4.63. The minimum absolute atomic E-state index is 0.0175. The summed E-state index contributed by atoms with van der Waals surface area (Å²) in [7, 11) is 0. The summed E-state index contributed by atoms with van der Waals surface area (Å²) in [6.07, 6.45) is 5.30. The Hall–Kier alpha value is -0.120. The lowest BCUT2D eigenvalue weighted by atomic mass is 9.77. The normalized spacial score (nSPS) is 46.1. The van der Waals surface area contributed by atoms with Crippen molar-refractivity contribution in [2.75, 3.05) is 6.54 Å². The summed E-state index contributed by atoms with van der Waals surface area (Å²) in [5.74, 6) is 0.692. The molecule has 3 heteroatoms. The molecule has 2 rings (SSSR count). The Morgan fingerprint density at radius 2 is 2.12 bits per heavy atom. The largest absolute Gasteiger partial charge is 0.390 e. The van der Waals surface area contributed by atoms with Gasteiger partial charge in [0.1, 0.15) is 0 Å². The zero-order valence-corrected chi connectivity index (χ0v) is 10.5. The van der Waals surface area contributed by atoms with Crippen molar-refractivity contribution in [2.24, 2.45) is 17.1 Å². The maximum Gasteiger partial charge on any atom is 0.0870 e. The highest BCUT2D eigenvalue weighted by atomic mass is 16.5. The van der Waals surface area contributed by atoms with Crippen LogP contribution >= 0.6 is 0 Å². The van der Waals surface area contributed by atoms with E-state index in [1.165, 1.54) is 6.42 Å². The average Bonchev–Trinajstić information content (AvgIpc) is 2.85. The number of hydrogen-bond acceptors (Lipinski definition) is 3. The first-order valence-corrected chi connectivity index (χ1v) is 6.61. The molecule has 94 valence electrons. The van der Waals surface area contributed by atoms with Crippen LogP contribution in [-0.4, -0.2) is 30.0 Å². The molecule has 0 spiro atoms. The van der Waals surface area contributed by atoms with E-state index in [9.17, 15) is 5.11 Å². The van der Waals surface area contributed by atoms with E-state index in [4.69, 9.17) is 10.5 Å². The molecule has 3 N–H and O–H groups in total. The second-order valence-corrected chi connectivity index (χ2v) is 5.92. The highest BCUT2D eigenvalue weighted by molar-refractivity contribution is 4.98. The van der Waals surface area contributed by atoms with Crippen molar-refractivity contribution in [3.63, 3.8) is 0 Å². The average molecular weight is 227 g/mol. The van der Waals surface area contributed by atoms with Crippen LogP contribution in [0.25, 0.3) is 0 Å². The molecule has 2 aliphatic rings. The smallest absolute Gasteiger partial charge is 0.0870 e. The van der Waals surface area contributed by atoms with Gasteiger partial charge >= 0.3 is 0 Å². The Kier molecular flexibility index (Phi) is 3.57. The van der Waals surface area contributed by atoms with E-state index in [1.54, 1.807) is 0 Å². The lowest BCUT2D eigenvalue weighted by Crippen LogP contribution is -2.46. The zero-order valence-electron chi connectivity index (χ0n) is 10.5. The molecule has 0 aromatic carbocycles. The molecule has 3 nitrogen and oxygen atoms in total. The van der Waals surface area contributed by atoms with Crippen molar-refractivity contribution in [1.29, 1.82) is 0 Å². The Bertz CT molecular complexity index is 246. The van der Waals surface area contributed by atoms with E-state index in [1.807, 2.05) is 0 Å². The summed E-state index contributed by atoms with van der Waals surface area (Å²) in [6.45, 7) is 4.92. The van der Waals surface area contributed by atoms with E-state index >= 15 is 0 Å². The van der Waals surface area contributed by atoms with E-state index in [2.05, 4.69) is 13.8 Å². The predicted molar refractivity (Wildman–Crippen MR) is 64.1 cm³/mol. The molecule has 0 bridgehead atoms. The van der Waals surface area contributed by atoms with Gasteiger partial charge in [0, 0.05) is 12.0 Å². The molecule has 0 aromatic heterocycles. The SMILES string of the molecule is CC1CCC(CN)(C(O)C2CCC(C)O2)C1. The third-order valence-corrected chi connectivity index (χ3v) is 4.54. The van der Waals surface area contributed by atoms with Crippen LogP contribution in [0.1, 0.15) is 46.0 Å². The van der Waals surface area contributed by atoms with Gasteiger partial charge in [-0.2, -0.15) is 0 Å². The summed E-state index contributed by atoms with van der Waals surface area (Å²) in [5.41, 5.74) is 5.84. The Morgan fingerprint density at radius 3 is 2.56 bits per heavy atom. The number of nitrogens with two attached hydrogens (primary N) is 1. The van der Waals surface area contributed by atoms with Gasteiger partial charge < -0.3 is 15.6 Å². The third kappa shape index (κ3) is 2.13. The molecule has 1 aliphatic carbocycles. The zero-order chi connectivity index (χ0) is 11.8. The van der Waals surface area contributed by atoms with Crippen LogP contribution in [0.2, 0.25) is 0 Å². The van der Waals surface area contributed by atoms with Gasteiger partial charge in [-0.1, -0.05) is 13.3 Å². The highest BCUT2D eigenvalue weighted by Crippen LogP contribution is 2.46. The fourth-order valence-electron chi connectivity index (χ4n) is 3.47. The second-order valence-electron chi connectivity index (χ2n) is 5.92. The van der Waals surface area contributed by atoms with E-state index in [0.29, 0.717) is 18.6 Å². The van der Waals surface area contributed by atoms with Crippen molar-refractivity contribution in [3.05, 3.63) is 0 Å². The molecular weight excluding hydrogens is 202 g/mol. The number of hydrogen-bond donors (Lipinski definition) is 2. The Morgan fingerprint density at radius 1 is 1.38 bits per heavy atom. The molecule has 1 heterocycles. The molecule has 2 fully saturated rings. The van der Waals surface area contributed by atoms with Crippen LogP contribution in [0.5, 0.6) is 0 Å². The van der Waals surface area contributed by atoms with Crippen molar-refractivity contribution < 1.29 is 9.84 Å². The van der Waals surface area contributed by atoms with E-state index < -0.39 is 0 Å². The number of rotatable bonds is 3. The van der Waals surface area contributed by atoms with Gasteiger partial charge in [0.05, 0.1) is 18.3 Å². The number of aliphatic hydroxyl groups is 1. The van der Waals surface area contributed by atoms with Crippen LogP contribution in [0.4, 0.5) is 0 Å². The lowest BCUT2D eigenvalue weighted by molar-refractivity contribution is -0.0859. The molecular formula is C13H25NO2. The molecule has 1 saturated carbocycles. The lowest BCUT2D eigenvalue weighted by Gasteiger charge is -2.36. The Labute approximate surface area is 98.4 Å². The predicted octanol–water partition coefficient (Wildman–Crippen LogP) is 1.68. The van der Waals surface area contributed by atoms with Crippen molar-refractivity contribution >= 4 is 0 Å². The molecule has 5 atom stereocenters. The molecule has 1 saturated heterocycles. The maximum absolute atomic E-state index is 10.5. The maximum atomic E-state index is 10.5. The first-order valence-electron chi connectivity index (χ1n) is 6.61. The third-order valence-electron chi connectivity index (χ3n) is 4.54. The minimum Gasteiger partial charge on any atom is -0.390 e. The summed E-state index contributed by atoms with van der Waals surface area (Å²) in [4.78, 5) is 0. The van der Waals surface area contributed by atoms with Gasteiger partial charge in [-0.25, -0.2) is 0 Å². The first-order chi connectivity index (χ1) is 7.57. The van der Waals surface area contributed by atoms with Gasteiger partial charge in [-0.05, 0) is 38.5 Å². The van der Waals surface area contributed by atoms with Crippen LogP contribution in [-0.2, 0) is 4.74 Å². The van der Waals surface area contributed by atoms with Crippen LogP contribution in [0.15, 0.2) is 0 Å². The Balaban J connectivity index is 2.04. The standard InChI is InChI=1S/C13H25NO2/c1-9-5-6-13(7-9,8-14)12(15)11-4-3-10(2)16-11/h9-12,15H,3-8,14H2,1-2H3. The minimum atomic E-state index is -0.368. The van der Waals surface area contributed by atoms with E-state index in [-0.39, 0.29) is 17.6 Å². The highest BCUT2D eigenvalue weighted by Gasteiger charge is 2.47. The number of ether oxygens (including phenoxy) is 1. The van der Waals surface area contributed by atoms with Crippen LogP contribution in [0, 0.1) is 11.3 Å². The summed E-state index contributed by atoms with van der Waals surface area (Å²) < 4.78 is 5.79. The van der Waals surface area contributed by atoms with Gasteiger partial charge in [-0.15, -0.1) is 0 Å². The quantitative estimate of drug-likeness (QED) is 0.771. The fourth-order valence-corrected chi connectivity index (χ4v) is 3.47. The molecule has 0 amide bonds. The summed E-state index contributed by atoms with van der Waals surface area (Å²) >= 11 is 0. The van der Waals surface area contributed by atoms with Gasteiger partial charge in [0.2, 0.25) is 0 Å². The summed E-state index contributed by atoms with van der Waals surface area (Å²) in [6, 6.07) is 0. The van der Waals surface area contributed by atoms with Crippen molar-refractivity contribution in [2.45, 2.75) is 64.3 Å². The van der Waals surface area contributed by atoms with Crippen LogP contribution in [0.3, 0.4) is 0 Å². The fraction of sp³-hybridized carbons (Fsp3) is 1.00. The molecule has 0 aromatic rings. The topological polar surface area (TPSA) is 55.5 Å². The van der Waals surface area contributed by atoms with Crippen LogP contribution < -0.4 is 5.73 Å². The van der Waals surface area contributed by atoms with Crippen molar-refractivity contribution in [3.8, 4) is 0 Å². The first kappa shape index (κ1) is 12.3. The van der Waals surface area contributed by atoms with E-state index in [0.717, 1.165) is 25.7 Å². The van der Waals surface area contributed by atoms with Gasteiger partial charge in [0.25, 0.3) is 0 Å². The number of aliphatic hydroxyl groups excluding tert-OH is 1. The molecule has 1 aliphatic heterocycles. The van der Waals surface area contributed by atoms with Crippen molar-refractivity contribution in [1.82, 2.24) is 0 Å². The monoisotopic (exact) mass is 227 g/mol. The van der Waals surface area contributed by atoms with Gasteiger partial charge in [0.15, 0.2) is 0 Å². The van der Waals surface area contributed by atoms with Gasteiger partial charge in [-0.3, -0.25) is 0 Å².